The molecule has 150 valence electrons. The Kier molecular flexibility index (Phi) is 6.58. The average molecular weight is 406 g/mol. The second-order valence-corrected chi connectivity index (χ2v) is 7.36. The normalized spacial score (nSPS) is 20.8. The van der Waals surface area contributed by atoms with Gasteiger partial charge in [0.05, 0.1) is 17.6 Å². The van der Waals surface area contributed by atoms with Crippen LogP contribution in [0.25, 0.3) is 6.08 Å². The molecule has 0 bridgehead atoms. The highest BCUT2D eigenvalue weighted by atomic mass is 32.2. The number of phenolic OH excluding ortho intramolecular Hbond substituents is 1. The van der Waals surface area contributed by atoms with Gasteiger partial charge in [0.2, 0.25) is 5.91 Å². The van der Waals surface area contributed by atoms with Gasteiger partial charge in [0.25, 0.3) is 11.1 Å². The Morgan fingerprint density at radius 1 is 1.46 bits per heavy atom. The number of nitrogens with zero attached hydrogens (tertiary/aromatic N) is 1. The summed E-state index contributed by atoms with van der Waals surface area (Å²) < 4.78 is 10.8. The Labute approximate surface area is 166 Å². The molecule has 2 saturated heterocycles. The highest BCUT2D eigenvalue weighted by Crippen LogP contribution is 2.34. The minimum atomic E-state index is -0.520. The zero-order valence-electron chi connectivity index (χ0n) is 15.5. The minimum absolute atomic E-state index is 0.00461. The first-order valence-corrected chi connectivity index (χ1v) is 9.89. The number of hydrogen-bond donors (Lipinski definition) is 2. The van der Waals surface area contributed by atoms with E-state index in [9.17, 15) is 19.5 Å². The number of hydrogen-bond acceptors (Lipinski definition) is 7. The Balaban J connectivity index is 1.63. The number of thioether (sulfide) groups is 1. The summed E-state index contributed by atoms with van der Waals surface area (Å²) in [5.74, 6) is -0.630. The van der Waals surface area contributed by atoms with Crippen molar-refractivity contribution in [3.63, 3.8) is 0 Å². The lowest BCUT2D eigenvalue weighted by molar-refractivity contribution is -0.129. The van der Waals surface area contributed by atoms with Crippen LogP contribution in [0.3, 0.4) is 0 Å². The van der Waals surface area contributed by atoms with Crippen LogP contribution in [-0.4, -0.2) is 59.5 Å². The zero-order valence-corrected chi connectivity index (χ0v) is 16.3. The molecule has 0 spiro atoms. The molecule has 0 radical (unpaired) electrons. The molecule has 0 aliphatic carbocycles. The van der Waals surface area contributed by atoms with Crippen LogP contribution in [0.5, 0.6) is 11.5 Å². The number of rotatable bonds is 7. The number of carbonyl (C=O) groups excluding carboxylic acids is 3. The molecule has 3 amide bonds. The second-order valence-electron chi connectivity index (χ2n) is 6.37. The van der Waals surface area contributed by atoms with Crippen molar-refractivity contribution in [2.24, 2.45) is 0 Å². The van der Waals surface area contributed by atoms with E-state index in [0.29, 0.717) is 31.1 Å². The number of carbonyl (C=O) groups is 3. The maximum absolute atomic E-state index is 12.5. The predicted octanol–water partition coefficient (Wildman–Crippen LogP) is 2.12. The van der Waals surface area contributed by atoms with Crippen molar-refractivity contribution >= 4 is 34.9 Å². The van der Waals surface area contributed by atoms with E-state index in [1.54, 1.807) is 19.1 Å². The lowest BCUT2D eigenvalue weighted by Crippen LogP contribution is -2.41. The van der Waals surface area contributed by atoms with Gasteiger partial charge in [-0.25, -0.2) is 0 Å². The first kappa shape index (κ1) is 20.2. The number of ether oxygens (including phenoxy) is 2. The molecule has 2 heterocycles. The summed E-state index contributed by atoms with van der Waals surface area (Å²) in [6.45, 7) is 2.92. The summed E-state index contributed by atoms with van der Waals surface area (Å²) in [5, 5.41) is 12.0. The van der Waals surface area contributed by atoms with Crippen LogP contribution < -0.4 is 10.1 Å². The number of benzene rings is 1. The smallest absolute Gasteiger partial charge is 0.294 e. The molecule has 0 unspecified atom stereocenters. The predicted molar refractivity (Wildman–Crippen MR) is 104 cm³/mol. The molecule has 9 heteroatoms. The first-order valence-electron chi connectivity index (χ1n) is 9.07. The number of phenols is 1. The third-order valence-corrected chi connectivity index (χ3v) is 5.22. The van der Waals surface area contributed by atoms with Gasteiger partial charge in [0.15, 0.2) is 11.5 Å². The highest BCUT2D eigenvalue weighted by molar-refractivity contribution is 8.18. The third-order valence-electron chi connectivity index (χ3n) is 4.31. The van der Waals surface area contributed by atoms with Crippen molar-refractivity contribution in [1.82, 2.24) is 10.2 Å². The lowest BCUT2D eigenvalue weighted by Gasteiger charge is -2.14. The van der Waals surface area contributed by atoms with Gasteiger partial charge in [-0.05, 0) is 55.3 Å². The number of aromatic hydroxyl groups is 1. The molecule has 3 rings (SSSR count). The lowest BCUT2D eigenvalue weighted by atomic mass is 10.2. The minimum Gasteiger partial charge on any atom is -0.504 e. The second kappa shape index (κ2) is 9.11. The summed E-state index contributed by atoms with van der Waals surface area (Å²) >= 11 is 0.776. The molecule has 0 aromatic heterocycles. The van der Waals surface area contributed by atoms with Crippen molar-refractivity contribution < 1.29 is 29.0 Å². The molecule has 2 aliphatic heterocycles. The Hall–Kier alpha value is -2.52. The highest BCUT2D eigenvalue weighted by Gasteiger charge is 2.36. The van der Waals surface area contributed by atoms with Gasteiger partial charge in [-0.3, -0.25) is 19.3 Å². The number of amides is 3. The molecule has 0 saturated carbocycles. The molecule has 1 aromatic rings. The van der Waals surface area contributed by atoms with Crippen LogP contribution in [0.2, 0.25) is 0 Å². The maximum Gasteiger partial charge on any atom is 0.294 e. The van der Waals surface area contributed by atoms with E-state index in [0.717, 1.165) is 29.5 Å². The molecule has 1 atom stereocenters. The van der Waals surface area contributed by atoms with E-state index in [1.165, 1.54) is 12.1 Å². The van der Waals surface area contributed by atoms with Crippen molar-refractivity contribution in [2.75, 3.05) is 26.3 Å². The number of imide groups is 1. The van der Waals surface area contributed by atoms with Gasteiger partial charge in [-0.2, -0.15) is 0 Å². The fraction of sp³-hybridized carbons (Fsp3) is 0.421. The van der Waals surface area contributed by atoms with Gasteiger partial charge in [0.1, 0.15) is 6.54 Å². The van der Waals surface area contributed by atoms with Gasteiger partial charge < -0.3 is 19.9 Å². The summed E-state index contributed by atoms with van der Waals surface area (Å²) in [5.41, 5.74) is 0.606. The van der Waals surface area contributed by atoms with Crippen molar-refractivity contribution in [2.45, 2.75) is 25.9 Å². The fourth-order valence-corrected chi connectivity index (χ4v) is 3.75. The maximum atomic E-state index is 12.5. The van der Waals surface area contributed by atoms with E-state index in [1.807, 2.05) is 0 Å². The van der Waals surface area contributed by atoms with Crippen LogP contribution in [0.4, 0.5) is 4.79 Å². The van der Waals surface area contributed by atoms with E-state index in [4.69, 9.17) is 9.47 Å². The molecule has 8 nitrogen and oxygen atoms in total. The summed E-state index contributed by atoms with van der Waals surface area (Å²) in [7, 11) is 0. The molecule has 2 aliphatic rings. The fourth-order valence-electron chi connectivity index (χ4n) is 2.91. The Morgan fingerprint density at radius 2 is 2.29 bits per heavy atom. The third kappa shape index (κ3) is 4.85. The van der Waals surface area contributed by atoms with Gasteiger partial charge in [-0.1, -0.05) is 6.07 Å². The Bertz CT molecular complexity index is 804. The van der Waals surface area contributed by atoms with Crippen molar-refractivity contribution in [3.05, 3.63) is 28.7 Å². The van der Waals surface area contributed by atoms with Crippen LogP contribution >= 0.6 is 11.8 Å². The van der Waals surface area contributed by atoms with Crippen LogP contribution in [0, 0.1) is 0 Å². The summed E-state index contributed by atoms with van der Waals surface area (Å²) in [6, 6.07) is 4.65. The average Bonchev–Trinajstić information content (AvgIpc) is 3.27. The van der Waals surface area contributed by atoms with Crippen LogP contribution in [0.1, 0.15) is 25.3 Å². The van der Waals surface area contributed by atoms with E-state index in [2.05, 4.69) is 5.32 Å². The summed E-state index contributed by atoms with van der Waals surface area (Å²) in [6.07, 6.45) is 3.39. The standard InChI is InChI=1S/C19H22N2O6S/c1-2-26-15-8-12(5-6-14(15)22)9-16-18(24)21(19(25)28-16)11-17(23)20-10-13-4-3-7-27-13/h5-6,8-9,13,22H,2-4,7,10-11H2,1H3,(H,20,23)/b16-9-/t13-/m0/s1. The van der Waals surface area contributed by atoms with Gasteiger partial charge in [-0.15, -0.1) is 0 Å². The van der Waals surface area contributed by atoms with E-state index in [-0.39, 0.29) is 23.3 Å². The quantitative estimate of drug-likeness (QED) is 0.668. The first-order chi connectivity index (χ1) is 13.5. The molecular formula is C19H22N2O6S. The van der Waals surface area contributed by atoms with Gasteiger partial charge in [0, 0.05) is 13.2 Å². The van der Waals surface area contributed by atoms with E-state index >= 15 is 0 Å². The topological polar surface area (TPSA) is 105 Å². The molecule has 28 heavy (non-hydrogen) atoms. The Morgan fingerprint density at radius 3 is 3.00 bits per heavy atom. The van der Waals surface area contributed by atoms with Gasteiger partial charge >= 0.3 is 0 Å². The van der Waals surface area contributed by atoms with Crippen LogP contribution in [-0.2, 0) is 14.3 Å². The molecule has 2 N–H and O–H groups in total. The van der Waals surface area contributed by atoms with Crippen LogP contribution in [0.15, 0.2) is 23.1 Å². The zero-order chi connectivity index (χ0) is 20.1. The largest absolute Gasteiger partial charge is 0.504 e. The molecule has 2 fully saturated rings. The molecule has 1 aromatic carbocycles. The summed E-state index contributed by atoms with van der Waals surface area (Å²) in [4.78, 5) is 37.9. The monoisotopic (exact) mass is 406 g/mol. The molecular weight excluding hydrogens is 384 g/mol. The van der Waals surface area contributed by atoms with Crippen molar-refractivity contribution in [3.8, 4) is 11.5 Å². The van der Waals surface area contributed by atoms with Crippen molar-refractivity contribution in [1.29, 1.82) is 0 Å². The number of nitrogens with one attached hydrogen (secondary N) is 1. The van der Waals surface area contributed by atoms with E-state index < -0.39 is 17.1 Å². The SMILES string of the molecule is CCOc1cc(/C=C2\SC(=O)N(CC(=O)NC[C@@H]3CCCO3)C2=O)ccc1O.